The molecule has 3 unspecified atom stereocenters. The molecule has 4 heterocycles. The van der Waals surface area contributed by atoms with Crippen LogP contribution in [0.15, 0.2) is 46.5 Å². The summed E-state index contributed by atoms with van der Waals surface area (Å²) in [6.45, 7) is 6.69. The molecule has 0 saturated carbocycles. The molecule has 2 aromatic rings. The Balaban J connectivity index is 0.00000256. The zero-order valence-corrected chi connectivity index (χ0v) is 20.1. The molecule has 3 atom stereocenters. The van der Waals surface area contributed by atoms with Crippen LogP contribution in [0.1, 0.15) is 44.4 Å². The number of hydrogen-bond donors (Lipinski definition) is 1. The van der Waals surface area contributed by atoms with Crippen LogP contribution in [0.3, 0.4) is 0 Å². The van der Waals surface area contributed by atoms with Gasteiger partial charge in [-0.15, -0.1) is 24.0 Å². The number of guanidine groups is 1. The van der Waals surface area contributed by atoms with Crippen LogP contribution in [0.5, 0.6) is 0 Å². The van der Waals surface area contributed by atoms with Crippen molar-refractivity contribution in [1.29, 1.82) is 0 Å². The second-order valence-corrected chi connectivity index (χ2v) is 8.20. The Morgan fingerprint density at radius 1 is 1.33 bits per heavy atom. The van der Waals surface area contributed by atoms with Gasteiger partial charge < -0.3 is 23.9 Å². The molecule has 1 N–H and O–H groups in total. The standard InChI is InChI=1S/C22H33N5O2.HI/c1-18-8-11-26(16-21(18)27-12-10-23-17-27)22(24-9-7-19-6-4-14-28-19)25-15-20-5-2-3-13-29-20;/h4,6,10,12,14,17-18,20-21H,2-3,5,7-9,11,13,15-16H2,1H3,(H,24,25);1H. The Bertz CT molecular complexity index is 744. The Morgan fingerprint density at radius 3 is 3.00 bits per heavy atom. The predicted octanol–water partition coefficient (Wildman–Crippen LogP) is 3.73. The van der Waals surface area contributed by atoms with E-state index in [0.29, 0.717) is 12.0 Å². The van der Waals surface area contributed by atoms with Crippen molar-refractivity contribution in [2.75, 3.05) is 32.8 Å². The quantitative estimate of drug-likeness (QED) is 0.353. The third-order valence-electron chi connectivity index (χ3n) is 6.08. The summed E-state index contributed by atoms with van der Waals surface area (Å²) < 4.78 is 13.6. The molecule has 30 heavy (non-hydrogen) atoms. The number of aromatic nitrogens is 2. The molecule has 0 spiro atoms. The van der Waals surface area contributed by atoms with E-state index in [1.807, 2.05) is 24.7 Å². The van der Waals surface area contributed by atoms with E-state index in [9.17, 15) is 0 Å². The SMILES string of the molecule is CC1CCN(C(=NCC2CCCCO2)NCCc2ccco2)CC1n1ccnc1.I. The van der Waals surface area contributed by atoms with Crippen LogP contribution in [0.2, 0.25) is 0 Å². The van der Waals surface area contributed by atoms with Crippen molar-refractivity contribution in [3.63, 3.8) is 0 Å². The second-order valence-electron chi connectivity index (χ2n) is 8.20. The third kappa shape index (κ3) is 6.23. The van der Waals surface area contributed by atoms with Gasteiger partial charge in [-0.05, 0) is 43.7 Å². The van der Waals surface area contributed by atoms with Crippen LogP contribution in [0, 0.1) is 5.92 Å². The Morgan fingerprint density at radius 2 is 2.27 bits per heavy atom. The first-order valence-corrected chi connectivity index (χ1v) is 10.9. The molecule has 2 fully saturated rings. The maximum absolute atomic E-state index is 5.90. The minimum absolute atomic E-state index is 0. The Labute approximate surface area is 196 Å². The zero-order valence-electron chi connectivity index (χ0n) is 17.8. The summed E-state index contributed by atoms with van der Waals surface area (Å²) in [5, 5.41) is 3.58. The molecular weight excluding hydrogens is 493 g/mol. The van der Waals surface area contributed by atoms with Gasteiger partial charge in [-0.2, -0.15) is 0 Å². The smallest absolute Gasteiger partial charge is 0.194 e. The normalized spacial score (nSPS) is 25.0. The van der Waals surface area contributed by atoms with Gasteiger partial charge in [0.15, 0.2) is 5.96 Å². The van der Waals surface area contributed by atoms with E-state index in [4.69, 9.17) is 14.1 Å². The highest BCUT2D eigenvalue weighted by atomic mass is 127. The van der Waals surface area contributed by atoms with Crippen LogP contribution in [0.4, 0.5) is 0 Å². The average molecular weight is 527 g/mol. The van der Waals surface area contributed by atoms with E-state index < -0.39 is 0 Å². The highest BCUT2D eigenvalue weighted by molar-refractivity contribution is 14.0. The minimum atomic E-state index is 0. The number of nitrogens with one attached hydrogen (secondary N) is 1. The summed E-state index contributed by atoms with van der Waals surface area (Å²) in [6.07, 6.45) is 13.4. The van der Waals surface area contributed by atoms with Crippen molar-refractivity contribution in [1.82, 2.24) is 19.8 Å². The minimum Gasteiger partial charge on any atom is -0.469 e. The number of nitrogens with zero attached hydrogens (tertiary/aromatic N) is 4. The fourth-order valence-electron chi connectivity index (χ4n) is 4.25. The van der Waals surface area contributed by atoms with E-state index >= 15 is 0 Å². The number of halogens is 1. The summed E-state index contributed by atoms with van der Waals surface area (Å²) in [5.74, 6) is 2.60. The number of ether oxygens (including phenoxy) is 1. The first-order valence-electron chi connectivity index (χ1n) is 10.9. The van der Waals surface area contributed by atoms with Gasteiger partial charge in [-0.25, -0.2) is 4.98 Å². The van der Waals surface area contributed by atoms with Gasteiger partial charge in [0.2, 0.25) is 0 Å². The maximum Gasteiger partial charge on any atom is 0.194 e. The van der Waals surface area contributed by atoms with E-state index in [1.54, 1.807) is 6.26 Å². The molecule has 0 radical (unpaired) electrons. The van der Waals surface area contributed by atoms with Crippen molar-refractivity contribution in [2.45, 2.75) is 51.2 Å². The lowest BCUT2D eigenvalue weighted by molar-refractivity contribution is 0.0222. The van der Waals surface area contributed by atoms with Gasteiger partial charge >= 0.3 is 0 Å². The zero-order chi connectivity index (χ0) is 19.9. The number of aliphatic imine (C=N–C) groups is 1. The van der Waals surface area contributed by atoms with Crippen LogP contribution < -0.4 is 5.32 Å². The summed E-state index contributed by atoms with van der Waals surface area (Å²) in [4.78, 5) is 11.6. The van der Waals surface area contributed by atoms with Crippen molar-refractivity contribution in [3.8, 4) is 0 Å². The van der Waals surface area contributed by atoms with Crippen LogP contribution in [-0.2, 0) is 11.2 Å². The lowest BCUT2D eigenvalue weighted by Crippen LogP contribution is -2.49. The van der Waals surface area contributed by atoms with Gasteiger partial charge in [-0.1, -0.05) is 6.92 Å². The van der Waals surface area contributed by atoms with E-state index in [0.717, 1.165) is 63.8 Å². The first-order chi connectivity index (χ1) is 14.3. The topological polar surface area (TPSA) is 67.8 Å². The predicted molar refractivity (Wildman–Crippen MR) is 128 cm³/mol. The summed E-state index contributed by atoms with van der Waals surface area (Å²) in [7, 11) is 0. The molecule has 166 valence electrons. The van der Waals surface area contributed by atoms with E-state index in [2.05, 4.69) is 32.9 Å². The van der Waals surface area contributed by atoms with Gasteiger partial charge in [0.25, 0.3) is 0 Å². The molecule has 0 amide bonds. The number of likely N-dealkylation sites (tertiary alicyclic amines) is 1. The monoisotopic (exact) mass is 527 g/mol. The molecule has 0 aromatic carbocycles. The molecular formula is C22H34IN5O2. The van der Waals surface area contributed by atoms with E-state index in [-0.39, 0.29) is 30.1 Å². The third-order valence-corrected chi connectivity index (χ3v) is 6.08. The Hall–Kier alpha value is -1.55. The van der Waals surface area contributed by atoms with Crippen LogP contribution in [0.25, 0.3) is 0 Å². The average Bonchev–Trinajstić information content (AvgIpc) is 3.46. The molecule has 4 rings (SSSR count). The van der Waals surface area contributed by atoms with Crippen molar-refractivity contribution in [3.05, 3.63) is 42.9 Å². The van der Waals surface area contributed by atoms with Gasteiger partial charge in [0.1, 0.15) is 5.76 Å². The molecule has 0 bridgehead atoms. The summed E-state index contributed by atoms with van der Waals surface area (Å²) in [6, 6.07) is 4.37. The molecule has 2 aliphatic heterocycles. The highest BCUT2D eigenvalue weighted by Gasteiger charge is 2.29. The molecule has 7 nitrogen and oxygen atoms in total. The van der Waals surface area contributed by atoms with Gasteiger partial charge in [0.05, 0.1) is 31.3 Å². The van der Waals surface area contributed by atoms with Gasteiger partial charge in [0, 0.05) is 45.1 Å². The molecule has 2 aliphatic rings. The number of hydrogen-bond acceptors (Lipinski definition) is 4. The van der Waals surface area contributed by atoms with Crippen LogP contribution in [-0.4, -0.2) is 59.3 Å². The lowest BCUT2D eigenvalue weighted by atomic mass is 9.93. The number of furan rings is 1. The molecule has 0 aliphatic carbocycles. The second kappa shape index (κ2) is 11.7. The highest BCUT2D eigenvalue weighted by Crippen LogP contribution is 2.27. The number of rotatable bonds is 6. The Kier molecular flexibility index (Phi) is 9.05. The van der Waals surface area contributed by atoms with Crippen LogP contribution >= 0.6 is 24.0 Å². The summed E-state index contributed by atoms with van der Waals surface area (Å²) in [5.41, 5.74) is 0. The largest absolute Gasteiger partial charge is 0.469 e. The van der Waals surface area contributed by atoms with Crippen molar-refractivity contribution in [2.24, 2.45) is 10.9 Å². The lowest BCUT2D eigenvalue weighted by Gasteiger charge is -2.39. The van der Waals surface area contributed by atoms with Crippen molar-refractivity contribution < 1.29 is 9.15 Å². The number of imidazole rings is 1. The fourth-order valence-corrected chi connectivity index (χ4v) is 4.25. The molecule has 8 heteroatoms. The maximum atomic E-state index is 5.90. The number of piperidine rings is 1. The fraction of sp³-hybridized carbons (Fsp3) is 0.636. The molecule has 2 saturated heterocycles. The van der Waals surface area contributed by atoms with Crippen molar-refractivity contribution >= 4 is 29.9 Å². The first kappa shape index (κ1) is 23.1. The molecule has 2 aromatic heterocycles. The van der Waals surface area contributed by atoms with Gasteiger partial charge in [-0.3, -0.25) is 4.99 Å². The summed E-state index contributed by atoms with van der Waals surface area (Å²) >= 11 is 0. The van der Waals surface area contributed by atoms with E-state index in [1.165, 1.54) is 12.8 Å².